The van der Waals surface area contributed by atoms with E-state index in [0.29, 0.717) is 35.9 Å². The van der Waals surface area contributed by atoms with Crippen molar-refractivity contribution in [2.24, 2.45) is 0 Å². The molecule has 0 aliphatic carbocycles. The van der Waals surface area contributed by atoms with E-state index in [1.165, 1.54) is 0 Å². The summed E-state index contributed by atoms with van der Waals surface area (Å²) in [4.78, 5) is 19.5. The van der Waals surface area contributed by atoms with Crippen LogP contribution in [0, 0.1) is 6.92 Å². The number of nitrogens with zero attached hydrogens (tertiary/aromatic N) is 3. The summed E-state index contributed by atoms with van der Waals surface area (Å²) in [6.07, 6.45) is 3.91. The molecule has 138 valence electrons. The summed E-state index contributed by atoms with van der Waals surface area (Å²) in [7, 11) is 0. The number of pyridine rings is 1. The van der Waals surface area contributed by atoms with Gasteiger partial charge in [0.1, 0.15) is 5.69 Å². The molecule has 0 atom stereocenters. The van der Waals surface area contributed by atoms with Gasteiger partial charge in [-0.05, 0) is 58.5 Å². The van der Waals surface area contributed by atoms with Crippen LogP contribution in [-0.2, 0) is 0 Å². The van der Waals surface area contributed by atoms with Crippen molar-refractivity contribution in [1.82, 2.24) is 19.6 Å². The highest BCUT2D eigenvalue weighted by Gasteiger charge is 2.18. The maximum absolute atomic E-state index is 12.6. The largest absolute Gasteiger partial charge is 0.490 e. The van der Waals surface area contributed by atoms with Crippen molar-refractivity contribution in [2.45, 2.75) is 40.5 Å². The predicted octanol–water partition coefficient (Wildman–Crippen LogP) is 2.89. The van der Waals surface area contributed by atoms with Gasteiger partial charge in [-0.3, -0.25) is 9.20 Å². The Morgan fingerprint density at radius 3 is 2.72 bits per heavy atom. The van der Waals surface area contributed by atoms with E-state index >= 15 is 0 Å². The van der Waals surface area contributed by atoms with Gasteiger partial charge in [-0.15, -0.1) is 0 Å². The number of aromatic nitrogens is 2. The number of imidazole rings is 1. The molecule has 0 aliphatic rings. The van der Waals surface area contributed by atoms with Gasteiger partial charge < -0.3 is 15.0 Å². The van der Waals surface area contributed by atoms with Gasteiger partial charge in [-0.25, -0.2) is 4.98 Å². The van der Waals surface area contributed by atoms with E-state index in [1.54, 1.807) is 0 Å². The number of unbranched alkanes of at least 4 members (excludes halogenated alkanes) is 1. The normalized spacial score (nSPS) is 11.2. The Bertz CT molecular complexity index is 692. The number of nitrogens with one attached hydrogen (secondary N) is 1. The lowest BCUT2D eigenvalue weighted by molar-refractivity contribution is 0.0946. The summed E-state index contributed by atoms with van der Waals surface area (Å²) < 4.78 is 7.42. The summed E-state index contributed by atoms with van der Waals surface area (Å²) in [5, 5.41) is 3.02. The lowest BCUT2D eigenvalue weighted by Crippen LogP contribution is -2.28. The zero-order valence-electron chi connectivity index (χ0n) is 15.8. The van der Waals surface area contributed by atoms with Gasteiger partial charge in [0.2, 0.25) is 0 Å². The minimum Gasteiger partial charge on any atom is -0.490 e. The van der Waals surface area contributed by atoms with Gasteiger partial charge in [0.15, 0.2) is 11.4 Å². The topological polar surface area (TPSA) is 58.9 Å². The van der Waals surface area contributed by atoms with Crippen LogP contribution in [0.1, 0.15) is 49.8 Å². The zero-order valence-corrected chi connectivity index (χ0v) is 15.8. The van der Waals surface area contributed by atoms with E-state index in [4.69, 9.17) is 4.74 Å². The molecule has 0 bridgehead atoms. The molecule has 0 radical (unpaired) electrons. The first-order chi connectivity index (χ1) is 12.1. The maximum Gasteiger partial charge on any atom is 0.270 e. The first kappa shape index (κ1) is 19.2. The van der Waals surface area contributed by atoms with Crippen LogP contribution in [0.15, 0.2) is 18.3 Å². The van der Waals surface area contributed by atoms with Crippen molar-refractivity contribution >= 4 is 11.6 Å². The maximum atomic E-state index is 12.6. The van der Waals surface area contributed by atoms with E-state index in [1.807, 2.05) is 36.6 Å². The molecule has 0 aromatic carbocycles. The second kappa shape index (κ2) is 9.42. The molecule has 1 amide bonds. The van der Waals surface area contributed by atoms with Crippen molar-refractivity contribution in [3.05, 3.63) is 29.7 Å². The predicted molar refractivity (Wildman–Crippen MR) is 100 cm³/mol. The number of rotatable bonds is 10. The first-order valence-corrected chi connectivity index (χ1v) is 9.23. The van der Waals surface area contributed by atoms with Gasteiger partial charge in [0, 0.05) is 12.7 Å². The Kier molecular flexibility index (Phi) is 7.25. The molecule has 0 unspecified atom stereocenters. The third-order valence-electron chi connectivity index (χ3n) is 4.38. The van der Waals surface area contributed by atoms with Crippen LogP contribution in [-0.4, -0.2) is 53.0 Å². The van der Waals surface area contributed by atoms with Crippen LogP contribution >= 0.6 is 0 Å². The van der Waals surface area contributed by atoms with Gasteiger partial charge in [-0.1, -0.05) is 13.8 Å². The number of fused-ring (bicyclic) bond motifs is 1. The van der Waals surface area contributed by atoms with Crippen molar-refractivity contribution < 1.29 is 9.53 Å². The highest BCUT2D eigenvalue weighted by molar-refractivity contribution is 5.94. The zero-order chi connectivity index (χ0) is 18.2. The minimum atomic E-state index is -0.0820. The fourth-order valence-electron chi connectivity index (χ4n) is 2.98. The summed E-state index contributed by atoms with van der Waals surface area (Å²) in [5.74, 6) is 0.618. The fraction of sp³-hybridized carbons (Fsp3) is 0.579. The van der Waals surface area contributed by atoms with E-state index in [-0.39, 0.29) is 5.91 Å². The Balaban J connectivity index is 1.98. The van der Waals surface area contributed by atoms with Crippen LogP contribution in [0.5, 0.6) is 5.75 Å². The van der Waals surface area contributed by atoms with Gasteiger partial charge in [0.05, 0.1) is 12.3 Å². The Morgan fingerprint density at radius 1 is 1.28 bits per heavy atom. The molecular weight excluding hydrogens is 316 g/mol. The van der Waals surface area contributed by atoms with Crippen LogP contribution in [0.25, 0.3) is 5.65 Å². The number of aryl methyl sites for hydroxylation is 1. The second-order valence-electron chi connectivity index (χ2n) is 6.03. The Hall–Kier alpha value is -2.08. The highest BCUT2D eigenvalue weighted by atomic mass is 16.5. The summed E-state index contributed by atoms with van der Waals surface area (Å²) >= 11 is 0. The summed E-state index contributed by atoms with van der Waals surface area (Å²) in [6, 6.07) is 3.75. The third kappa shape index (κ3) is 4.72. The molecule has 2 rings (SSSR count). The Morgan fingerprint density at radius 2 is 2.04 bits per heavy atom. The lowest BCUT2D eigenvalue weighted by Gasteiger charge is -2.17. The van der Waals surface area contributed by atoms with Crippen molar-refractivity contribution in [3.8, 4) is 5.75 Å². The van der Waals surface area contributed by atoms with E-state index in [2.05, 4.69) is 29.0 Å². The molecule has 0 fully saturated rings. The molecule has 0 aliphatic heterocycles. The average Bonchev–Trinajstić information content (AvgIpc) is 2.95. The molecular formula is C19H30N4O2. The minimum absolute atomic E-state index is 0.0820. The van der Waals surface area contributed by atoms with Gasteiger partial charge >= 0.3 is 0 Å². The molecule has 2 heterocycles. The van der Waals surface area contributed by atoms with E-state index in [0.717, 1.165) is 32.5 Å². The SMILES string of the molecule is CCOc1cccn2c(C(=O)NCCCCN(CC)CC)c(C)nc12. The molecule has 2 aromatic heterocycles. The number of hydrogen-bond acceptors (Lipinski definition) is 4. The van der Waals surface area contributed by atoms with E-state index < -0.39 is 0 Å². The number of amides is 1. The highest BCUT2D eigenvalue weighted by Crippen LogP contribution is 2.22. The van der Waals surface area contributed by atoms with Crippen molar-refractivity contribution in [2.75, 3.05) is 32.8 Å². The quantitative estimate of drug-likeness (QED) is 0.672. The monoisotopic (exact) mass is 346 g/mol. The third-order valence-corrected chi connectivity index (χ3v) is 4.38. The van der Waals surface area contributed by atoms with Crippen LogP contribution in [0.2, 0.25) is 0 Å². The van der Waals surface area contributed by atoms with Crippen LogP contribution in [0.4, 0.5) is 0 Å². The van der Waals surface area contributed by atoms with Crippen molar-refractivity contribution in [1.29, 1.82) is 0 Å². The van der Waals surface area contributed by atoms with Crippen molar-refractivity contribution in [3.63, 3.8) is 0 Å². The number of carbonyl (C=O) groups is 1. The van der Waals surface area contributed by atoms with Gasteiger partial charge in [0.25, 0.3) is 5.91 Å². The molecule has 2 aromatic rings. The fourth-order valence-corrected chi connectivity index (χ4v) is 2.98. The summed E-state index contributed by atoms with van der Waals surface area (Å²) in [5.41, 5.74) is 1.99. The standard InChI is InChI=1S/C19H30N4O2/c1-5-22(6-2)13-9-8-12-20-19(24)17-15(4)21-18-16(25-7-3)11-10-14-23(17)18/h10-11,14H,5-9,12-13H2,1-4H3,(H,20,24). The summed E-state index contributed by atoms with van der Waals surface area (Å²) in [6.45, 7) is 12.6. The van der Waals surface area contributed by atoms with Crippen LogP contribution in [0.3, 0.4) is 0 Å². The molecule has 6 nitrogen and oxygen atoms in total. The average molecular weight is 346 g/mol. The molecule has 1 N–H and O–H groups in total. The molecule has 0 saturated carbocycles. The molecule has 0 saturated heterocycles. The number of carbonyl (C=O) groups excluding carboxylic acids is 1. The van der Waals surface area contributed by atoms with E-state index in [9.17, 15) is 4.79 Å². The smallest absolute Gasteiger partial charge is 0.270 e. The van der Waals surface area contributed by atoms with Crippen LogP contribution < -0.4 is 10.1 Å². The molecule has 25 heavy (non-hydrogen) atoms. The number of ether oxygens (including phenoxy) is 1. The van der Waals surface area contributed by atoms with Gasteiger partial charge in [-0.2, -0.15) is 0 Å². The lowest BCUT2D eigenvalue weighted by atomic mass is 10.2. The Labute approximate surface area is 150 Å². The first-order valence-electron chi connectivity index (χ1n) is 9.23. The number of hydrogen-bond donors (Lipinski definition) is 1. The second-order valence-corrected chi connectivity index (χ2v) is 6.03. The molecule has 6 heteroatoms. The molecule has 0 spiro atoms.